The summed E-state index contributed by atoms with van der Waals surface area (Å²) < 4.78 is 44.4. The molecule has 7 nitrogen and oxygen atoms in total. The van der Waals surface area contributed by atoms with Gasteiger partial charge in [0.15, 0.2) is 11.5 Å². The second kappa shape index (κ2) is 8.12. The van der Waals surface area contributed by atoms with Crippen LogP contribution in [0, 0.1) is 40.4 Å². The molecule has 0 radical (unpaired) electrons. The molecule has 0 heterocycles. The van der Waals surface area contributed by atoms with Crippen molar-refractivity contribution in [2.75, 3.05) is 0 Å². The van der Waals surface area contributed by atoms with E-state index in [-0.39, 0.29) is 49.1 Å². The number of ketones is 1. The maximum Gasteiger partial charge on any atom is 0.509 e. The molecule has 0 spiro atoms. The number of aliphatic hydroxyl groups is 1. The molecule has 11 atom stereocenters. The molecule has 2 bridgehead atoms. The maximum atomic E-state index is 17.3. The zero-order valence-corrected chi connectivity index (χ0v) is 22.0. The molecule has 0 aromatic heterocycles. The van der Waals surface area contributed by atoms with Gasteiger partial charge in [-0.1, -0.05) is 19.9 Å². The molecule has 0 aliphatic heterocycles. The predicted octanol–water partition coefficient (Wildman–Crippen LogP) is 5.07. The molecule has 6 aliphatic carbocycles. The van der Waals surface area contributed by atoms with E-state index in [1.807, 2.05) is 0 Å². The molecule has 0 amide bonds. The van der Waals surface area contributed by atoms with Crippen molar-refractivity contribution in [3.05, 3.63) is 23.6 Å². The van der Waals surface area contributed by atoms with Crippen LogP contribution in [0.3, 0.4) is 0 Å². The second-order valence-electron chi connectivity index (χ2n) is 13.2. The summed E-state index contributed by atoms with van der Waals surface area (Å²) in [7, 11) is 0. The highest BCUT2D eigenvalue weighted by atomic mass is 19.1. The van der Waals surface area contributed by atoms with Gasteiger partial charge in [-0.05, 0) is 74.9 Å². The third-order valence-corrected chi connectivity index (χ3v) is 11.7. The second-order valence-corrected chi connectivity index (χ2v) is 13.2. The molecule has 38 heavy (non-hydrogen) atoms. The Morgan fingerprint density at radius 1 is 1.13 bits per heavy atom. The molecule has 6 aliphatic rings. The lowest BCUT2D eigenvalue weighted by Gasteiger charge is -2.61. The fourth-order valence-corrected chi connectivity index (χ4v) is 9.82. The largest absolute Gasteiger partial charge is 0.509 e. The Hall–Kier alpha value is -2.29. The smallest absolute Gasteiger partial charge is 0.478 e. The highest BCUT2D eigenvalue weighted by Crippen LogP contribution is 2.71. The van der Waals surface area contributed by atoms with Gasteiger partial charge in [0.2, 0.25) is 5.60 Å². The Labute approximate surface area is 220 Å². The molecule has 4 saturated carbocycles. The summed E-state index contributed by atoms with van der Waals surface area (Å²) in [5.74, 6) is -4.03. The minimum Gasteiger partial charge on any atom is -0.478 e. The molecular formula is C29H36F2O7. The van der Waals surface area contributed by atoms with Gasteiger partial charge in [0.1, 0.15) is 11.9 Å². The van der Waals surface area contributed by atoms with Gasteiger partial charge in [-0.15, -0.1) is 0 Å². The van der Waals surface area contributed by atoms with Crippen LogP contribution in [0.1, 0.15) is 72.1 Å². The van der Waals surface area contributed by atoms with Crippen molar-refractivity contribution in [1.29, 1.82) is 0 Å². The number of carbonyl (C=O) groups is 3. The van der Waals surface area contributed by atoms with Gasteiger partial charge in [-0.3, -0.25) is 4.79 Å². The number of halogens is 2. The fourth-order valence-electron chi connectivity index (χ4n) is 9.82. The summed E-state index contributed by atoms with van der Waals surface area (Å²) >= 11 is 0. The van der Waals surface area contributed by atoms with Gasteiger partial charge in [0.05, 0.1) is 6.10 Å². The van der Waals surface area contributed by atoms with E-state index in [0.29, 0.717) is 5.92 Å². The molecule has 208 valence electrons. The minimum atomic E-state index is -2.32. The summed E-state index contributed by atoms with van der Waals surface area (Å²) in [4.78, 5) is 38.2. The third-order valence-electron chi connectivity index (χ3n) is 11.7. The molecule has 0 unspecified atom stereocenters. The van der Waals surface area contributed by atoms with Crippen LogP contribution in [0.2, 0.25) is 0 Å². The van der Waals surface area contributed by atoms with Gasteiger partial charge >= 0.3 is 12.1 Å². The first-order chi connectivity index (χ1) is 17.8. The van der Waals surface area contributed by atoms with E-state index in [1.165, 1.54) is 19.1 Å². The average molecular weight is 535 g/mol. The van der Waals surface area contributed by atoms with Crippen LogP contribution in [0.5, 0.6) is 0 Å². The zero-order chi connectivity index (χ0) is 27.4. The van der Waals surface area contributed by atoms with Crippen molar-refractivity contribution in [3.8, 4) is 0 Å². The predicted molar refractivity (Wildman–Crippen MR) is 130 cm³/mol. The highest BCUT2D eigenvalue weighted by Gasteiger charge is 2.78. The Morgan fingerprint density at radius 2 is 1.87 bits per heavy atom. The summed E-state index contributed by atoms with van der Waals surface area (Å²) in [6, 6.07) is 0. The number of carboxylic acids is 1. The van der Waals surface area contributed by atoms with Gasteiger partial charge in [0.25, 0.3) is 0 Å². The molecule has 0 aromatic rings. The van der Waals surface area contributed by atoms with E-state index < -0.39 is 63.9 Å². The molecule has 6 rings (SSSR count). The summed E-state index contributed by atoms with van der Waals surface area (Å²) in [5.41, 5.74) is -7.28. The lowest BCUT2D eigenvalue weighted by atomic mass is 9.45. The quantitative estimate of drug-likeness (QED) is 0.487. The average Bonchev–Trinajstić information content (AvgIpc) is 3.51. The summed E-state index contributed by atoms with van der Waals surface area (Å²) in [6.07, 6.45) is 2.65. The number of carboxylic acid groups (broad SMARTS) is 1. The van der Waals surface area contributed by atoms with E-state index in [4.69, 9.17) is 9.47 Å². The first kappa shape index (κ1) is 26.0. The molecular weight excluding hydrogens is 498 g/mol. The van der Waals surface area contributed by atoms with E-state index in [2.05, 4.69) is 0 Å². The van der Waals surface area contributed by atoms with Crippen molar-refractivity contribution in [2.24, 2.45) is 40.4 Å². The van der Waals surface area contributed by atoms with Crippen LogP contribution in [0.4, 0.5) is 13.6 Å². The number of alkyl halides is 1. The first-order valence-electron chi connectivity index (χ1n) is 13.9. The third kappa shape index (κ3) is 3.05. The van der Waals surface area contributed by atoms with Crippen molar-refractivity contribution < 1.29 is 42.9 Å². The Bertz CT molecular complexity index is 1170. The van der Waals surface area contributed by atoms with Crippen LogP contribution in [0.15, 0.2) is 23.6 Å². The highest BCUT2D eigenvalue weighted by molar-refractivity contribution is 5.93. The van der Waals surface area contributed by atoms with E-state index in [1.54, 1.807) is 13.8 Å². The molecule has 4 fully saturated rings. The fraction of sp³-hybridized carbons (Fsp3) is 0.759. The van der Waals surface area contributed by atoms with E-state index >= 15 is 8.78 Å². The van der Waals surface area contributed by atoms with Crippen molar-refractivity contribution in [1.82, 2.24) is 0 Å². The number of rotatable bonds is 3. The van der Waals surface area contributed by atoms with Crippen LogP contribution in [0.25, 0.3) is 0 Å². The van der Waals surface area contributed by atoms with Gasteiger partial charge in [0, 0.05) is 35.5 Å². The standard InChI is InChI=1S/C29H36F2O7/c1-14-8-18-19-12-21(30)20-11-17(32)6-7-26(20,2)28(19,31)23(33)13-27(18,3)29(14,24(34)35)38-25(36)37-22-10-15-4-5-16(22)9-15/h6-7,14-16,18-19,22-23,33H,4-5,8-13H2,1-3H3,(H,34,35)/t14-,15+,16-,18+,19+,22-,23+,26+,27+,28+,29+/m1/s1. The van der Waals surface area contributed by atoms with Crippen LogP contribution < -0.4 is 0 Å². The molecule has 0 saturated heterocycles. The first-order valence-corrected chi connectivity index (χ1v) is 13.9. The Balaban J connectivity index is 1.36. The van der Waals surface area contributed by atoms with Crippen LogP contribution in [-0.2, 0) is 19.1 Å². The maximum absolute atomic E-state index is 17.3. The summed E-state index contributed by atoms with van der Waals surface area (Å²) in [5, 5.41) is 22.0. The minimum absolute atomic E-state index is 0.0487. The SMILES string of the molecule is C[C@@H]1C[C@H]2[C@@H]3CC(F)=C4CC(=O)C=C[C@]4(C)[C@@]3(F)[C@@H](O)C[C@]2(C)[C@@]1(OC(=O)O[C@@H]1C[C@H]2CC[C@@H]1C2)C(=O)O. The van der Waals surface area contributed by atoms with Crippen molar-refractivity contribution in [2.45, 2.75) is 95.6 Å². The number of fused-ring (bicyclic) bond motifs is 7. The number of allylic oxidation sites excluding steroid dienone is 4. The number of aliphatic carboxylic acids is 1. The lowest BCUT2D eigenvalue weighted by molar-refractivity contribution is -0.227. The van der Waals surface area contributed by atoms with Crippen molar-refractivity contribution >= 4 is 17.9 Å². The van der Waals surface area contributed by atoms with Crippen LogP contribution >= 0.6 is 0 Å². The van der Waals surface area contributed by atoms with Gasteiger partial charge in [-0.25, -0.2) is 18.4 Å². The Kier molecular flexibility index (Phi) is 5.54. The number of hydrogen-bond acceptors (Lipinski definition) is 6. The van der Waals surface area contributed by atoms with Gasteiger partial charge in [-0.2, -0.15) is 0 Å². The zero-order valence-electron chi connectivity index (χ0n) is 22.0. The summed E-state index contributed by atoms with van der Waals surface area (Å²) in [6.45, 7) is 4.77. The van der Waals surface area contributed by atoms with Crippen LogP contribution in [-0.4, -0.2) is 51.6 Å². The molecule has 9 heteroatoms. The van der Waals surface area contributed by atoms with Gasteiger partial charge < -0.3 is 19.7 Å². The number of aliphatic hydroxyl groups excluding tert-OH is 1. The topological polar surface area (TPSA) is 110 Å². The number of carbonyl (C=O) groups excluding carboxylic acids is 2. The molecule has 0 aromatic carbocycles. The van der Waals surface area contributed by atoms with E-state index in [9.17, 15) is 24.6 Å². The van der Waals surface area contributed by atoms with Crippen molar-refractivity contribution in [3.63, 3.8) is 0 Å². The monoisotopic (exact) mass is 534 g/mol. The lowest BCUT2D eigenvalue weighted by Crippen LogP contribution is -2.69. The normalized spacial score (nSPS) is 50.9. The molecule has 2 N–H and O–H groups in total. The number of hydrogen-bond donors (Lipinski definition) is 2. The van der Waals surface area contributed by atoms with E-state index in [0.717, 1.165) is 25.7 Å². The Morgan fingerprint density at radius 3 is 2.50 bits per heavy atom. The number of ether oxygens (including phenoxy) is 2.